The molecule has 168 valence electrons. The Kier molecular flexibility index (Phi) is 11.2. The summed E-state index contributed by atoms with van der Waals surface area (Å²) in [6, 6.07) is 12.7. The van der Waals surface area contributed by atoms with E-state index in [2.05, 4.69) is 21.2 Å². The van der Waals surface area contributed by atoms with E-state index in [4.69, 9.17) is 23.2 Å². The minimum absolute atomic E-state index is 0.114. The summed E-state index contributed by atoms with van der Waals surface area (Å²) in [5, 5.41) is 3.88. The van der Waals surface area contributed by atoms with E-state index in [1.54, 1.807) is 23.1 Å². The van der Waals surface area contributed by atoms with Crippen molar-refractivity contribution in [1.29, 1.82) is 0 Å². The first-order valence-electron chi connectivity index (χ1n) is 10.2. The minimum atomic E-state index is -0.584. The van der Waals surface area contributed by atoms with Gasteiger partial charge in [-0.25, -0.2) is 0 Å². The van der Waals surface area contributed by atoms with E-state index in [-0.39, 0.29) is 24.1 Å². The summed E-state index contributed by atoms with van der Waals surface area (Å²) in [5.74, 6) is 0.698. The van der Waals surface area contributed by atoms with Crippen molar-refractivity contribution in [1.82, 2.24) is 10.2 Å². The standard InChI is InChI=1S/C23H27BrCl2N2O2S/c1-3-12-27-23(30)21(4-2)28(13-18-19(25)6-5-7-20(18)26)22(29)15-31-14-16-8-10-17(24)11-9-16/h5-11,21H,3-4,12-15H2,1-2H3,(H,27,30). The Bertz CT molecular complexity index is 860. The van der Waals surface area contributed by atoms with Crippen molar-refractivity contribution in [3.8, 4) is 0 Å². The van der Waals surface area contributed by atoms with Crippen LogP contribution in [-0.4, -0.2) is 35.1 Å². The lowest BCUT2D eigenvalue weighted by molar-refractivity contribution is -0.139. The number of hydrogen-bond donors (Lipinski definition) is 1. The van der Waals surface area contributed by atoms with Gasteiger partial charge in [0.1, 0.15) is 6.04 Å². The first-order valence-corrected chi connectivity index (χ1v) is 12.9. The van der Waals surface area contributed by atoms with Crippen molar-refractivity contribution in [2.45, 2.75) is 45.0 Å². The molecule has 0 heterocycles. The van der Waals surface area contributed by atoms with Crippen molar-refractivity contribution >= 4 is 62.7 Å². The summed E-state index contributed by atoms with van der Waals surface area (Å²) < 4.78 is 1.02. The first kappa shape index (κ1) is 26.0. The van der Waals surface area contributed by atoms with Crippen LogP contribution in [0, 0.1) is 0 Å². The van der Waals surface area contributed by atoms with E-state index >= 15 is 0 Å². The maximum atomic E-state index is 13.2. The number of carbonyl (C=O) groups excluding carboxylic acids is 2. The first-order chi connectivity index (χ1) is 14.9. The molecule has 8 heteroatoms. The number of thioether (sulfide) groups is 1. The molecular formula is C23H27BrCl2N2O2S. The predicted octanol–water partition coefficient (Wildman–Crippen LogP) is 6.32. The molecule has 2 amide bonds. The molecule has 31 heavy (non-hydrogen) atoms. The van der Waals surface area contributed by atoms with Gasteiger partial charge in [0.05, 0.1) is 5.75 Å². The number of nitrogens with one attached hydrogen (secondary N) is 1. The van der Waals surface area contributed by atoms with Gasteiger partial charge in [0, 0.05) is 38.9 Å². The van der Waals surface area contributed by atoms with Crippen molar-refractivity contribution in [2.75, 3.05) is 12.3 Å². The summed E-state index contributed by atoms with van der Waals surface area (Å²) in [5.41, 5.74) is 1.79. The molecule has 1 atom stereocenters. The average molecular weight is 546 g/mol. The van der Waals surface area contributed by atoms with Crippen molar-refractivity contribution in [3.63, 3.8) is 0 Å². The Morgan fingerprint density at radius 1 is 1.10 bits per heavy atom. The number of benzene rings is 2. The van der Waals surface area contributed by atoms with Crippen LogP contribution in [-0.2, 0) is 21.9 Å². The van der Waals surface area contributed by atoms with Crippen molar-refractivity contribution < 1.29 is 9.59 Å². The quantitative estimate of drug-likeness (QED) is 0.359. The van der Waals surface area contributed by atoms with Gasteiger partial charge >= 0.3 is 0 Å². The molecule has 0 saturated heterocycles. The molecule has 0 aliphatic heterocycles. The molecule has 0 aliphatic rings. The van der Waals surface area contributed by atoms with Crippen LogP contribution < -0.4 is 5.32 Å². The molecule has 0 radical (unpaired) electrons. The third kappa shape index (κ3) is 8.01. The van der Waals surface area contributed by atoms with Gasteiger partial charge in [0.15, 0.2) is 0 Å². The van der Waals surface area contributed by atoms with E-state index in [1.165, 1.54) is 11.8 Å². The van der Waals surface area contributed by atoms with Gasteiger partial charge in [-0.05, 0) is 42.7 Å². The fourth-order valence-electron chi connectivity index (χ4n) is 3.06. The monoisotopic (exact) mass is 544 g/mol. The molecule has 0 fully saturated rings. The maximum Gasteiger partial charge on any atom is 0.242 e. The molecule has 4 nitrogen and oxygen atoms in total. The van der Waals surface area contributed by atoms with Crippen LogP contribution >= 0.6 is 50.9 Å². The third-order valence-electron chi connectivity index (χ3n) is 4.73. The van der Waals surface area contributed by atoms with Crippen LogP contribution in [0.5, 0.6) is 0 Å². The van der Waals surface area contributed by atoms with E-state index < -0.39 is 6.04 Å². The summed E-state index contributed by atoms with van der Waals surface area (Å²) >= 11 is 17.7. The molecule has 1 N–H and O–H groups in total. The number of halogens is 3. The fourth-order valence-corrected chi connectivity index (χ4v) is 4.71. The zero-order valence-corrected chi connectivity index (χ0v) is 21.6. The van der Waals surface area contributed by atoms with Crippen molar-refractivity contribution in [3.05, 3.63) is 68.1 Å². The molecule has 0 aromatic heterocycles. The van der Waals surface area contributed by atoms with Crippen LogP contribution in [0.1, 0.15) is 37.8 Å². The highest BCUT2D eigenvalue weighted by Gasteiger charge is 2.29. The second kappa shape index (κ2) is 13.4. The predicted molar refractivity (Wildman–Crippen MR) is 135 cm³/mol. The lowest BCUT2D eigenvalue weighted by atomic mass is 10.1. The second-order valence-electron chi connectivity index (χ2n) is 7.06. The molecule has 2 rings (SSSR count). The average Bonchev–Trinajstić information content (AvgIpc) is 2.75. The topological polar surface area (TPSA) is 49.4 Å². The molecule has 2 aromatic carbocycles. The molecule has 0 bridgehead atoms. The Hall–Kier alpha value is -1.21. The molecule has 0 aliphatic carbocycles. The van der Waals surface area contributed by atoms with Crippen LogP contribution in [0.4, 0.5) is 0 Å². The van der Waals surface area contributed by atoms with Gasteiger partial charge in [-0.3, -0.25) is 9.59 Å². The van der Waals surface area contributed by atoms with Crippen LogP contribution in [0.25, 0.3) is 0 Å². The van der Waals surface area contributed by atoms with Gasteiger partial charge in [-0.2, -0.15) is 0 Å². The number of rotatable bonds is 11. The summed E-state index contributed by atoms with van der Waals surface area (Å²) in [7, 11) is 0. The molecular weight excluding hydrogens is 519 g/mol. The number of amides is 2. The van der Waals surface area contributed by atoms with E-state index in [0.717, 1.165) is 16.5 Å². The second-order valence-corrected chi connectivity index (χ2v) is 9.77. The smallest absolute Gasteiger partial charge is 0.242 e. The summed E-state index contributed by atoms with van der Waals surface area (Å²) in [4.78, 5) is 27.6. The Morgan fingerprint density at radius 2 is 1.74 bits per heavy atom. The highest BCUT2D eigenvalue weighted by atomic mass is 79.9. The number of hydrogen-bond acceptors (Lipinski definition) is 3. The molecule has 2 aromatic rings. The van der Waals surface area contributed by atoms with Crippen LogP contribution in [0.2, 0.25) is 10.0 Å². The van der Waals surface area contributed by atoms with Crippen LogP contribution in [0.3, 0.4) is 0 Å². The zero-order valence-electron chi connectivity index (χ0n) is 17.7. The Balaban J connectivity index is 2.17. The van der Waals surface area contributed by atoms with Gasteiger partial charge in [-0.1, -0.05) is 71.2 Å². The SMILES string of the molecule is CCCNC(=O)C(CC)N(Cc1c(Cl)cccc1Cl)C(=O)CSCc1ccc(Br)cc1. The lowest BCUT2D eigenvalue weighted by Crippen LogP contribution is -2.49. The highest BCUT2D eigenvalue weighted by molar-refractivity contribution is 9.10. The Labute approximate surface area is 207 Å². The molecule has 0 spiro atoms. The Morgan fingerprint density at radius 3 is 2.32 bits per heavy atom. The highest BCUT2D eigenvalue weighted by Crippen LogP contribution is 2.27. The third-order valence-corrected chi connectivity index (χ3v) is 6.96. The molecule has 0 saturated carbocycles. The van der Waals surface area contributed by atoms with E-state index in [9.17, 15) is 9.59 Å². The minimum Gasteiger partial charge on any atom is -0.354 e. The van der Waals surface area contributed by atoms with Gasteiger partial charge < -0.3 is 10.2 Å². The van der Waals surface area contributed by atoms with Gasteiger partial charge in [0.2, 0.25) is 11.8 Å². The summed E-state index contributed by atoms with van der Waals surface area (Å²) in [6.07, 6.45) is 1.33. The van der Waals surface area contributed by atoms with E-state index in [1.807, 2.05) is 38.1 Å². The number of nitrogens with zero attached hydrogens (tertiary/aromatic N) is 1. The fraction of sp³-hybridized carbons (Fsp3) is 0.391. The van der Waals surface area contributed by atoms with Gasteiger partial charge in [-0.15, -0.1) is 11.8 Å². The lowest BCUT2D eigenvalue weighted by Gasteiger charge is -2.31. The zero-order chi connectivity index (χ0) is 22.8. The number of carbonyl (C=O) groups is 2. The van der Waals surface area contributed by atoms with Gasteiger partial charge in [0.25, 0.3) is 0 Å². The van der Waals surface area contributed by atoms with Crippen LogP contribution in [0.15, 0.2) is 46.9 Å². The summed E-state index contributed by atoms with van der Waals surface area (Å²) in [6.45, 7) is 4.66. The van der Waals surface area contributed by atoms with Crippen molar-refractivity contribution in [2.24, 2.45) is 0 Å². The normalized spacial score (nSPS) is 11.8. The largest absolute Gasteiger partial charge is 0.354 e. The molecule has 1 unspecified atom stereocenters. The maximum absolute atomic E-state index is 13.2. The van der Waals surface area contributed by atoms with E-state index in [0.29, 0.717) is 34.3 Å².